The Hall–Kier alpha value is -4.05. The van der Waals surface area contributed by atoms with Crippen LogP contribution in [0.3, 0.4) is 0 Å². The summed E-state index contributed by atoms with van der Waals surface area (Å²) in [5.74, 6) is 0.879. The SMILES string of the molecule is COc1c(COC(C)=O)c(OC)c(-c2ccccc2)c(-c2ccccc2)c1-c1ccccc1. The summed E-state index contributed by atoms with van der Waals surface area (Å²) in [6.07, 6.45) is 0. The molecule has 0 aliphatic rings. The molecule has 4 heteroatoms. The number of esters is 1. The molecule has 0 radical (unpaired) electrons. The van der Waals surface area contributed by atoms with Crippen molar-refractivity contribution in [1.82, 2.24) is 0 Å². The highest BCUT2D eigenvalue weighted by molar-refractivity contribution is 6.01. The third kappa shape index (κ3) is 4.46. The number of rotatable bonds is 7. The van der Waals surface area contributed by atoms with Crippen molar-refractivity contribution in [2.75, 3.05) is 14.2 Å². The van der Waals surface area contributed by atoms with Crippen LogP contribution in [0.25, 0.3) is 33.4 Å². The first-order chi connectivity index (χ1) is 16.2. The lowest BCUT2D eigenvalue weighted by Gasteiger charge is -2.25. The first kappa shape index (κ1) is 22.2. The van der Waals surface area contributed by atoms with Crippen LogP contribution in [0, 0.1) is 0 Å². The van der Waals surface area contributed by atoms with Crippen molar-refractivity contribution < 1.29 is 19.0 Å². The maximum Gasteiger partial charge on any atom is 0.302 e. The number of ether oxygens (including phenoxy) is 3. The molecule has 4 nitrogen and oxygen atoms in total. The molecule has 0 aliphatic carbocycles. The second kappa shape index (κ2) is 10.0. The van der Waals surface area contributed by atoms with Gasteiger partial charge in [-0.3, -0.25) is 4.79 Å². The Balaban J connectivity index is 2.20. The van der Waals surface area contributed by atoms with Crippen LogP contribution in [0.15, 0.2) is 91.0 Å². The van der Waals surface area contributed by atoms with Gasteiger partial charge in [-0.05, 0) is 16.7 Å². The molecule has 0 aromatic heterocycles. The zero-order chi connectivity index (χ0) is 23.2. The third-order valence-electron chi connectivity index (χ3n) is 5.52. The predicted molar refractivity (Wildman–Crippen MR) is 131 cm³/mol. The van der Waals surface area contributed by atoms with E-state index in [4.69, 9.17) is 14.2 Å². The molecular weight excluding hydrogens is 412 g/mol. The average molecular weight is 439 g/mol. The highest BCUT2D eigenvalue weighted by Crippen LogP contribution is 2.52. The molecule has 4 aromatic carbocycles. The van der Waals surface area contributed by atoms with Crippen LogP contribution in [0.1, 0.15) is 12.5 Å². The van der Waals surface area contributed by atoms with Crippen molar-refractivity contribution in [1.29, 1.82) is 0 Å². The van der Waals surface area contributed by atoms with Crippen molar-refractivity contribution in [3.05, 3.63) is 96.6 Å². The second-order valence-electron chi connectivity index (χ2n) is 7.55. The van der Waals surface area contributed by atoms with E-state index in [2.05, 4.69) is 36.4 Å². The van der Waals surface area contributed by atoms with Gasteiger partial charge in [0.2, 0.25) is 0 Å². The van der Waals surface area contributed by atoms with Crippen LogP contribution in [0.4, 0.5) is 0 Å². The van der Waals surface area contributed by atoms with Crippen LogP contribution in [-0.4, -0.2) is 20.2 Å². The molecule has 4 rings (SSSR count). The van der Waals surface area contributed by atoms with Gasteiger partial charge in [-0.25, -0.2) is 0 Å². The number of carbonyl (C=O) groups excluding carboxylic acids is 1. The lowest BCUT2D eigenvalue weighted by atomic mass is 9.84. The van der Waals surface area contributed by atoms with E-state index in [0.717, 1.165) is 33.4 Å². The largest absolute Gasteiger partial charge is 0.496 e. The minimum absolute atomic E-state index is 0.0381. The van der Waals surface area contributed by atoms with Gasteiger partial charge in [-0.1, -0.05) is 91.0 Å². The maximum atomic E-state index is 11.7. The van der Waals surface area contributed by atoms with Crippen LogP contribution in [0.5, 0.6) is 11.5 Å². The normalized spacial score (nSPS) is 10.5. The summed E-state index contributed by atoms with van der Waals surface area (Å²) in [6, 6.07) is 30.4. The molecule has 0 N–H and O–H groups in total. The van der Waals surface area contributed by atoms with Crippen molar-refractivity contribution in [3.63, 3.8) is 0 Å². The highest BCUT2D eigenvalue weighted by Gasteiger charge is 2.28. The molecule has 33 heavy (non-hydrogen) atoms. The third-order valence-corrected chi connectivity index (χ3v) is 5.52. The zero-order valence-corrected chi connectivity index (χ0v) is 19.0. The summed E-state index contributed by atoms with van der Waals surface area (Å²) < 4.78 is 17.4. The summed E-state index contributed by atoms with van der Waals surface area (Å²) >= 11 is 0. The van der Waals surface area contributed by atoms with Crippen LogP contribution in [0.2, 0.25) is 0 Å². The number of carbonyl (C=O) groups is 1. The van der Waals surface area contributed by atoms with Gasteiger partial charge in [0.25, 0.3) is 0 Å². The van der Waals surface area contributed by atoms with Gasteiger partial charge in [0.1, 0.15) is 18.1 Å². The van der Waals surface area contributed by atoms with Gasteiger partial charge < -0.3 is 14.2 Å². The van der Waals surface area contributed by atoms with Gasteiger partial charge in [0.15, 0.2) is 0 Å². The first-order valence-corrected chi connectivity index (χ1v) is 10.8. The molecule has 0 aliphatic heterocycles. The van der Waals surface area contributed by atoms with Gasteiger partial charge in [0.05, 0.1) is 19.8 Å². The summed E-state index contributed by atoms with van der Waals surface area (Å²) in [4.78, 5) is 11.7. The smallest absolute Gasteiger partial charge is 0.302 e. The molecular formula is C29H26O4. The molecule has 0 saturated carbocycles. The van der Waals surface area contributed by atoms with E-state index in [9.17, 15) is 4.79 Å². The lowest BCUT2D eigenvalue weighted by molar-refractivity contribution is -0.142. The van der Waals surface area contributed by atoms with Gasteiger partial charge >= 0.3 is 5.97 Å². The minimum atomic E-state index is -0.367. The number of benzene rings is 4. The van der Waals surface area contributed by atoms with Crippen molar-refractivity contribution in [3.8, 4) is 44.9 Å². The van der Waals surface area contributed by atoms with E-state index < -0.39 is 0 Å². The molecule has 0 amide bonds. The number of methoxy groups -OCH3 is 2. The van der Waals surface area contributed by atoms with Crippen LogP contribution in [-0.2, 0) is 16.1 Å². The summed E-state index contributed by atoms with van der Waals surface area (Å²) in [7, 11) is 3.27. The zero-order valence-electron chi connectivity index (χ0n) is 19.0. The Morgan fingerprint density at radius 1 is 0.606 bits per heavy atom. The summed E-state index contributed by atoms with van der Waals surface area (Å²) in [6.45, 7) is 1.43. The fourth-order valence-corrected chi connectivity index (χ4v) is 4.17. The van der Waals surface area contributed by atoms with Crippen LogP contribution < -0.4 is 9.47 Å². The van der Waals surface area contributed by atoms with E-state index in [-0.39, 0.29) is 12.6 Å². The molecule has 0 atom stereocenters. The Bertz CT molecular complexity index is 1160. The number of hydrogen-bond donors (Lipinski definition) is 0. The molecule has 0 fully saturated rings. The predicted octanol–water partition coefficient (Wildman–Crippen LogP) is 6.77. The van der Waals surface area contributed by atoms with Crippen molar-refractivity contribution in [2.45, 2.75) is 13.5 Å². The van der Waals surface area contributed by atoms with Crippen LogP contribution >= 0.6 is 0 Å². The second-order valence-corrected chi connectivity index (χ2v) is 7.55. The Morgan fingerprint density at radius 3 is 1.30 bits per heavy atom. The van der Waals surface area contributed by atoms with E-state index in [1.54, 1.807) is 14.2 Å². The first-order valence-electron chi connectivity index (χ1n) is 10.8. The molecule has 4 aromatic rings. The molecule has 0 bridgehead atoms. The fourth-order valence-electron chi connectivity index (χ4n) is 4.17. The maximum absolute atomic E-state index is 11.7. The van der Waals surface area contributed by atoms with Crippen molar-refractivity contribution in [2.24, 2.45) is 0 Å². The van der Waals surface area contributed by atoms with Crippen molar-refractivity contribution >= 4 is 5.97 Å². The van der Waals surface area contributed by atoms with E-state index in [0.29, 0.717) is 17.1 Å². The topological polar surface area (TPSA) is 44.8 Å². The molecule has 0 spiro atoms. The Morgan fingerprint density at radius 2 is 0.970 bits per heavy atom. The number of hydrogen-bond acceptors (Lipinski definition) is 4. The standard InChI is InChI=1S/C29H26O4/c1-20(30)33-19-24-28(31-2)26(22-15-9-5-10-16-22)25(21-13-7-4-8-14-21)27(29(24)32-3)23-17-11-6-12-18-23/h4-18H,19H2,1-3H3. The van der Waals surface area contributed by atoms with Gasteiger partial charge in [-0.15, -0.1) is 0 Å². The molecule has 0 unspecified atom stereocenters. The monoisotopic (exact) mass is 438 g/mol. The summed E-state index contributed by atoms with van der Waals surface area (Å²) in [5.41, 5.74) is 6.55. The fraction of sp³-hybridized carbons (Fsp3) is 0.138. The van der Waals surface area contributed by atoms with E-state index >= 15 is 0 Å². The average Bonchev–Trinajstić information content (AvgIpc) is 2.87. The quantitative estimate of drug-likeness (QED) is 0.299. The minimum Gasteiger partial charge on any atom is -0.496 e. The van der Waals surface area contributed by atoms with Gasteiger partial charge in [0, 0.05) is 23.6 Å². The Kier molecular flexibility index (Phi) is 6.75. The Labute approximate surface area is 194 Å². The van der Waals surface area contributed by atoms with Gasteiger partial charge in [-0.2, -0.15) is 0 Å². The summed E-state index contributed by atoms with van der Waals surface area (Å²) in [5, 5.41) is 0. The highest BCUT2D eigenvalue weighted by atomic mass is 16.5. The molecule has 0 saturated heterocycles. The van der Waals surface area contributed by atoms with E-state index in [1.807, 2.05) is 54.6 Å². The molecule has 166 valence electrons. The molecule has 0 heterocycles. The van der Waals surface area contributed by atoms with E-state index in [1.165, 1.54) is 6.92 Å². The lowest BCUT2D eigenvalue weighted by Crippen LogP contribution is -2.07.